The lowest BCUT2D eigenvalue weighted by molar-refractivity contribution is 0.0757. The predicted octanol–water partition coefficient (Wildman–Crippen LogP) is 1.81. The Hall–Kier alpha value is -0.870. The number of nitrogens with one attached hydrogen (secondary N) is 1. The molecule has 4 nitrogen and oxygen atoms in total. The van der Waals surface area contributed by atoms with Crippen molar-refractivity contribution in [2.24, 2.45) is 0 Å². The molecular weight excluding hydrogens is 202 g/mol. The third-order valence-corrected chi connectivity index (χ3v) is 2.43. The summed E-state index contributed by atoms with van der Waals surface area (Å²) in [7, 11) is 0. The molecular formula is C12H23N3O. The van der Waals surface area contributed by atoms with Crippen LogP contribution in [0.3, 0.4) is 0 Å². The Kier molecular flexibility index (Phi) is 6.11. The van der Waals surface area contributed by atoms with Crippen molar-refractivity contribution < 1.29 is 4.74 Å². The normalized spacial score (nSPS) is 12.9. The molecule has 0 aliphatic rings. The minimum atomic E-state index is 0.264. The molecule has 1 N–H and O–H groups in total. The van der Waals surface area contributed by atoms with Crippen LogP contribution in [0.1, 0.15) is 33.0 Å². The molecule has 0 aromatic carbocycles. The van der Waals surface area contributed by atoms with E-state index in [2.05, 4.69) is 28.7 Å². The van der Waals surface area contributed by atoms with Gasteiger partial charge in [0.15, 0.2) is 0 Å². The maximum absolute atomic E-state index is 5.45. The van der Waals surface area contributed by atoms with Gasteiger partial charge in [0.25, 0.3) is 0 Å². The van der Waals surface area contributed by atoms with E-state index in [0.717, 1.165) is 38.5 Å². The average molecular weight is 225 g/mol. The molecule has 0 aliphatic heterocycles. The molecule has 1 rings (SSSR count). The Balaban J connectivity index is 2.28. The first kappa shape index (κ1) is 13.2. The number of aromatic nitrogens is 2. The molecule has 1 aromatic heterocycles. The van der Waals surface area contributed by atoms with Crippen LogP contribution in [0.25, 0.3) is 0 Å². The summed E-state index contributed by atoms with van der Waals surface area (Å²) >= 11 is 0. The lowest BCUT2D eigenvalue weighted by atomic mass is 10.4. The first-order chi connectivity index (χ1) is 7.77. The van der Waals surface area contributed by atoms with Crippen LogP contribution in [-0.2, 0) is 17.8 Å². The van der Waals surface area contributed by atoms with Gasteiger partial charge in [-0.15, -0.1) is 0 Å². The Bertz CT molecular complexity index is 286. The molecule has 1 unspecified atom stereocenters. The highest BCUT2D eigenvalue weighted by Gasteiger charge is 2.03. The molecule has 0 saturated carbocycles. The molecule has 1 atom stereocenters. The zero-order valence-corrected chi connectivity index (χ0v) is 10.6. The van der Waals surface area contributed by atoms with Gasteiger partial charge in [-0.1, -0.05) is 6.92 Å². The van der Waals surface area contributed by atoms with Crippen molar-refractivity contribution in [3.05, 3.63) is 18.2 Å². The highest BCUT2D eigenvalue weighted by Crippen LogP contribution is 1.99. The second-order valence-corrected chi connectivity index (χ2v) is 3.93. The molecule has 1 heterocycles. The number of aryl methyl sites for hydroxylation is 1. The highest BCUT2D eigenvalue weighted by atomic mass is 16.5. The fourth-order valence-electron chi connectivity index (χ4n) is 1.68. The summed E-state index contributed by atoms with van der Waals surface area (Å²) in [5.74, 6) is 1.10. The molecule has 0 aliphatic carbocycles. The van der Waals surface area contributed by atoms with Gasteiger partial charge in [-0.3, -0.25) is 0 Å². The molecule has 16 heavy (non-hydrogen) atoms. The largest absolute Gasteiger partial charge is 0.377 e. The van der Waals surface area contributed by atoms with E-state index < -0.39 is 0 Å². The van der Waals surface area contributed by atoms with E-state index in [1.54, 1.807) is 0 Å². The summed E-state index contributed by atoms with van der Waals surface area (Å²) in [5.41, 5.74) is 0. The van der Waals surface area contributed by atoms with Gasteiger partial charge in [0.05, 0.1) is 12.6 Å². The van der Waals surface area contributed by atoms with Gasteiger partial charge in [0, 0.05) is 32.1 Å². The molecule has 0 amide bonds. The van der Waals surface area contributed by atoms with E-state index in [0.29, 0.717) is 0 Å². The van der Waals surface area contributed by atoms with Crippen molar-refractivity contribution in [1.29, 1.82) is 0 Å². The fraction of sp³-hybridized carbons (Fsp3) is 0.750. The van der Waals surface area contributed by atoms with Crippen LogP contribution < -0.4 is 5.32 Å². The van der Waals surface area contributed by atoms with Gasteiger partial charge in [-0.2, -0.15) is 0 Å². The fourth-order valence-corrected chi connectivity index (χ4v) is 1.68. The van der Waals surface area contributed by atoms with E-state index in [9.17, 15) is 0 Å². The van der Waals surface area contributed by atoms with Gasteiger partial charge < -0.3 is 14.6 Å². The zero-order chi connectivity index (χ0) is 11.8. The number of nitrogens with zero attached hydrogens (tertiary/aromatic N) is 2. The summed E-state index contributed by atoms with van der Waals surface area (Å²) in [4.78, 5) is 4.34. The van der Waals surface area contributed by atoms with Crippen LogP contribution in [0.15, 0.2) is 12.4 Å². The smallest absolute Gasteiger partial charge is 0.122 e. The van der Waals surface area contributed by atoms with Crippen molar-refractivity contribution in [1.82, 2.24) is 14.9 Å². The van der Waals surface area contributed by atoms with Crippen molar-refractivity contribution in [2.45, 2.75) is 46.4 Å². The number of imidazole rings is 1. The molecule has 0 spiro atoms. The average Bonchev–Trinajstić information content (AvgIpc) is 2.67. The number of rotatable bonds is 8. The van der Waals surface area contributed by atoms with Gasteiger partial charge in [-0.05, 0) is 20.3 Å². The monoisotopic (exact) mass is 225 g/mol. The Morgan fingerprint density at radius 3 is 3.00 bits per heavy atom. The molecule has 92 valence electrons. The highest BCUT2D eigenvalue weighted by molar-refractivity contribution is 4.91. The number of hydrogen-bond donors (Lipinski definition) is 1. The summed E-state index contributed by atoms with van der Waals surface area (Å²) in [6.07, 6.45) is 5.30. The van der Waals surface area contributed by atoms with Crippen LogP contribution in [0, 0.1) is 0 Å². The maximum Gasteiger partial charge on any atom is 0.122 e. The van der Waals surface area contributed by atoms with Crippen molar-refractivity contribution >= 4 is 0 Å². The number of ether oxygens (including phenoxy) is 1. The van der Waals surface area contributed by atoms with Crippen molar-refractivity contribution in [3.63, 3.8) is 0 Å². The van der Waals surface area contributed by atoms with Gasteiger partial charge in [0.2, 0.25) is 0 Å². The topological polar surface area (TPSA) is 39.1 Å². The number of hydrogen-bond acceptors (Lipinski definition) is 3. The lowest BCUT2D eigenvalue weighted by Gasteiger charge is -2.13. The molecule has 0 saturated heterocycles. The van der Waals surface area contributed by atoms with Crippen molar-refractivity contribution in [3.8, 4) is 0 Å². The van der Waals surface area contributed by atoms with Gasteiger partial charge in [-0.25, -0.2) is 4.98 Å². The lowest BCUT2D eigenvalue weighted by Crippen LogP contribution is -2.27. The second-order valence-electron chi connectivity index (χ2n) is 3.93. The van der Waals surface area contributed by atoms with E-state index in [1.165, 1.54) is 0 Å². The van der Waals surface area contributed by atoms with E-state index in [4.69, 9.17) is 4.74 Å². The second kappa shape index (κ2) is 7.41. The van der Waals surface area contributed by atoms with Crippen LogP contribution in [0.2, 0.25) is 0 Å². The van der Waals surface area contributed by atoms with Gasteiger partial charge >= 0.3 is 0 Å². The Labute approximate surface area is 98.0 Å². The third-order valence-electron chi connectivity index (χ3n) is 2.43. The molecule has 0 fully saturated rings. The first-order valence-corrected chi connectivity index (χ1v) is 6.10. The predicted molar refractivity (Wildman–Crippen MR) is 65.3 cm³/mol. The Morgan fingerprint density at radius 1 is 1.50 bits per heavy atom. The first-order valence-electron chi connectivity index (χ1n) is 6.10. The molecule has 4 heteroatoms. The standard InChI is InChI=1S/C12H23N3O/c1-4-7-15-8-6-14-12(15)10-13-9-11(3)16-5-2/h6,8,11,13H,4-5,7,9-10H2,1-3H3. The zero-order valence-electron chi connectivity index (χ0n) is 10.6. The molecule has 1 aromatic rings. The van der Waals surface area contributed by atoms with E-state index in [1.807, 2.05) is 19.3 Å². The van der Waals surface area contributed by atoms with Crippen LogP contribution in [-0.4, -0.2) is 28.8 Å². The van der Waals surface area contributed by atoms with Crippen LogP contribution in [0.4, 0.5) is 0 Å². The SMILES string of the molecule is CCCn1ccnc1CNCC(C)OCC. The summed E-state index contributed by atoms with van der Waals surface area (Å²) in [6, 6.07) is 0. The molecule has 0 radical (unpaired) electrons. The van der Waals surface area contributed by atoms with Gasteiger partial charge in [0.1, 0.15) is 5.82 Å². The summed E-state index contributed by atoms with van der Waals surface area (Å²) in [6.45, 7) is 9.76. The molecule has 0 bridgehead atoms. The third kappa shape index (κ3) is 4.33. The minimum Gasteiger partial charge on any atom is -0.377 e. The van der Waals surface area contributed by atoms with E-state index in [-0.39, 0.29) is 6.10 Å². The maximum atomic E-state index is 5.45. The van der Waals surface area contributed by atoms with Crippen molar-refractivity contribution in [2.75, 3.05) is 13.2 Å². The van der Waals surface area contributed by atoms with Crippen LogP contribution >= 0.6 is 0 Å². The quantitative estimate of drug-likeness (QED) is 0.733. The minimum absolute atomic E-state index is 0.264. The summed E-state index contributed by atoms with van der Waals surface area (Å²) < 4.78 is 7.64. The van der Waals surface area contributed by atoms with E-state index >= 15 is 0 Å². The summed E-state index contributed by atoms with van der Waals surface area (Å²) in [5, 5.41) is 3.36. The van der Waals surface area contributed by atoms with Crippen LogP contribution in [0.5, 0.6) is 0 Å². The Morgan fingerprint density at radius 2 is 2.31 bits per heavy atom.